The Labute approximate surface area is 251 Å². The number of hydrogen-bond acceptors (Lipinski definition) is 5. The Kier molecular flexibility index (Phi) is 12.7. The lowest BCUT2D eigenvalue weighted by Crippen LogP contribution is -2.43. The first kappa shape index (κ1) is 35.1. The number of pyridine rings is 1. The van der Waals surface area contributed by atoms with Crippen LogP contribution in [0, 0.1) is 0 Å². The molecule has 3 rings (SSSR count). The van der Waals surface area contributed by atoms with Crippen LogP contribution in [0.5, 0.6) is 0 Å². The molecule has 11 nitrogen and oxygen atoms in total. The topological polar surface area (TPSA) is 190 Å². The van der Waals surface area contributed by atoms with Crippen LogP contribution in [0.3, 0.4) is 0 Å². The second-order valence-electron chi connectivity index (χ2n) is 9.87. The molecule has 1 atom stereocenters. The number of benzene rings is 2. The summed E-state index contributed by atoms with van der Waals surface area (Å²) in [5, 5.41) is 19.1. The summed E-state index contributed by atoms with van der Waals surface area (Å²) in [6.45, 7) is 4.77. The van der Waals surface area contributed by atoms with Crippen LogP contribution >= 0.6 is 0 Å². The lowest BCUT2D eigenvalue weighted by atomic mass is 9.90. The third kappa shape index (κ3) is 10.3. The van der Waals surface area contributed by atoms with Gasteiger partial charge in [0.25, 0.3) is 11.5 Å². The van der Waals surface area contributed by atoms with E-state index < -0.39 is 35.6 Å². The van der Waals surface area contributed by atoms with Crippen molar-refractivity contribution in [1.29, 1.82) is 0 Å². The van der Waals surface area contributed by atoms with E-state index in [0.29, 0.717) is 12.3 Å². The van der Waals surface area contributed by atoms with Crippen molar-refractivity contribution >= 4 is 23.8 Å². The number of carbonyl (C=O) groups is 3. The Hall–Kier alpha value is -5.14. The molecule has 3 aromatic rings. The molecule has 1 amide bonds. The number of carbonyl (C=O) groups excluding carboxylic acids is 1. The molecule has 0 aliphatic heterocycles. The van der Waals surface area contributed by atoms with Crippen molar-refractivity contribution in [3.8, 4) is 11.1 Å². The Balaban J connectivity index is 0.000000860. The lowest BCUT2D eigenvalue weighted by molar-refractivity contribution is -0.192. The predicted octanol–water partition coefficient (Wildman–Crippen LogP) is 3.56. The van der Waals surface area contributed by atoms with Gasteiger partial charge in [-0.25, -0.2) is 9.59 Å². The fourth-order valence-corrected chi connectivity index (χ4v) is 4.18. The fourth-order valence-electron chi connectivity index (χ4n) is 4.18. The van der Waals surface area contributed by atoms with Crippen molar-refractivity contribution < 1.29 is 37.8 Å². The van der Waals surface area contributed by atoms with Gasteiger partial charge in [0.2, 0.25) is 0 Å². The minimum absolute atomic E-state index is 0.0879. The number of guanidine groups is 1. The van der Waals surface area contributed by atoms with E-state index in [2.05, 4.69) is 36.3 Å². The molecule has 14 heteroatoms. The Morgan fingerprint density at radius 1 is 0.955 bits per heavy atom. The molecule has 0 unspecified atom stereocenters. The first-order valence-electron chi connectivity index (χ1n) is 13.4. The third-order valence-electron chi connectivity index (χ3n) is 6.29. The average Bonchev–Trinajstić information content (AvgIpc) is 2.95. The lowest BCUT2D eigenvalue weighted by Gasteiger charge is -2.17. The summed E-state index contributed by atoms with van der Waals surface area (Å²) in [6.07, 6.45) is -3.00. The first-order chi connectivity index (χ1) is 20.6. The van der Waals surface area contributed by atoms with Gasteiger partial charge in [-0.05, 0) is 53.1 Å². The highest BCUT2D eigenvalue weighted by Crippen LogP contribution is 2.31. The molecule has 0 aliphatic rings. The molecule has 0 spiro atoms. The zero-order valence-electron chi connectivity index (χ0n) is 24.0. The molecular formula is C30H34F3N5O6. The highest BCUT2D eigenvalue weighted by atomic mass is 19.4. The van der Waals surface area contributed by atoms with Crippen LogP contribution in [-0.2, 0) is 16.1 Å². The van der Waals surface area contributed by atoms with Gasteiger partial charge in [-0.15, -0.1) is 0 Å². The van der Waals surface area contributed by atoms with Crippen LogP contribution < -0.4 is 22.3 Å². The van der Waals surface area contributed by atoms with E-state index in [9.17, 15) is 32.7 Å². The van der Waals surface area contributed by atoms with Crippen molar-refractivity contribution in [3.05, 3.63) is 93.9 Å². The molecule has 236 valence electrons. The van der Waals surface area contributed by atoms with E-state index in [4.69, 9.17) is 21.4 Å². The van der Waals surface area contributed by atoms with Crippen LogP contribution in [0.4, 0.5) is 13.2 Å². The second kappa shape index (κ2) is 15.9. The zero-order chi connectivity index (χ0) is 33.0. The van der Waals surface area contributed by atoms with Gasteiger partial charge in [0, 0.05) is 12.7 Å². The number of nitrogens with two attached hydrogens (primary N) is 2. The van der Waals surface area contributed by atoms with Gasteiger partial charge in [0.05, 0.1) is 6.54 Å². The predicted molar refractivity (Wildman–Crippen MR) is 158 cm³/mol. The number of nitrogens with one attached hydrogen (secondary N) is 1. The quantitative estimate of drug-likeness (QED) is 0.123. The van der Waals surface area contributed by atoms with E-state index in [1.165, 1.54) is 16.2 Å². The third-order valence-corrected chi connectivity index (χ3v) is 6.29. The highest BCUT2D eigenvalue weighted by molar-refractivity contribution is 5.96. The summed E-state index contributed by atoms with van der Waals surface area (Å²) >= 11 is 0. The molecule has 0 aliphatic carbocycles. The molecule has 0 bridgehead atoms. The molecule has 0 radical (unpaired) electrons. The van der Waals surface area contributed by atoms with Gasteiger partial charge < -0.3 is 31.6 Å². The summed E-state index contributed by atoms with van der Waals surface area (Å²) in [4.78, 5) is 50.5. The van der Waals surface area contributed by atoms with Crippen molar-refractivity contribution in [2.75, 3.05) is 6.54 Å². The summed E-state index contributed by atoms with van der Waals surface area (Å²) in [5.74, 6) is -4.47. The number of aliphatic imine (C=N–C) groups is 1. The number of nitrogens with zero attached hydrogens (tertiary/aromatic N) is 2. The molecule has 44 heavy (non-hydrogen) atoms. The summed E-state index contributed by atoms with van der Waals surface area (Å²) in [6, 6.07) is 17.9. The maximum atomic E-state index is 13.2. The molecular weight excluding hydrogens is 583 g/mol. The number of alkyl halides is 3. The minimum atomic E-state index is -5.08. The fraction of sp³-hybridized carbons (Fsp3) is 0.300. The monoisotopic (exact) mass is 617 g/mol. The average molecular weight is 618 g/mol. The van der Waals surface area contributed by atoms with Gasteiger partial charge in [0.1, 0.15) is 11.6 Å². The maximum Gasteiger partial charge on any atom is 0.490 e. The van der Waals surface area contributed by atoms with Crippen molar-refractivity contribution in [1.82, 2.24) is 9.88 Å². The number of aliphatic carboxylic acids is 2. The molecule has 2 aromatic carbocycles. The van der Waals surface area contributed by atoms with Crippen LogP contribution in [0.25, 0.3) is 11.1 Å². The van der Waals surface area contributed by atoms with Gasteiger partial charge >= 0.3 is 18.1 Å². The van der Waals surface area contributed by atoms with Crippen molar-refractivity contribution in [2.24, 2.45) is 16.5 Å². The number of carboxylic acid groups (broad SMARTS) is 2. The number of hydrogen-bond donors (Lipinski definition) is 5. The molecule has 0 fully saturated rings. The van der Waals surface area contributed by atoms with E-state index >= 15 is 0 Å². The van der Waals surface area contributed by atoms with Crippen LogP contribution in [-0.4, -0.2) is 57.3 Å². The summed E-state index contributed by atoms with van der Waals surface area (Å²) < 4.78 is 33.2. The number of carboxylic acids is 2. The molecule has 0 saturated heterocycles. The zero-order valence-corrected chi connectivity index (χ0v) is 24.0. The molecule has 7 N–H and O–H groups in total. The van der Waals surface area contributed by atoms with Crippen LogP contribution in [0.2, 0.25) is 0 Å². The maximum absolute atomic E-state index is 13.2. The number of halogens is 3. The molecule has 1 aromatic heterocycles. The van der Waals surface area contributed by atoms with Crippen LogP contribution in [0.1, 0.15) is 54.1 Å². The van der Waals surface area contributed by atoms with Gasteiger partial charge in [-0.2, -0.15) is 13.2 Å². The van der Waals surface area contributed by atoms with E-state index in [-0.39, 0.29) is 31.0 Å². The Morgan fingerprint density at radius 2 is 1.55 bits per heavy atom. The first-order valence-corrected chi connectivity index (χ1v) is 13.4. The standard InChI is InChI=1S/C28H33N5O4.C2HF3O2/c1-18(2)20-10-5-6-12-22(20)21-11-4-3-9-19(21)17-33-16-8-13-23(26(33)35)25(34)32-24(27(36)37)14-7-15-31-28(29)30;3-2(4,5)1(6)7/h3-6,8-13,16,18,24H,7,14-15,17H2,1-2H3,(H,32,34)(H,36,37)(H4,29,30,31);(H,6,7)/t24-;/m0./s1. The normalized spacial score (nSPS) is 11.6. The second-order valence-corrected chi connectivity index (χ2v) is 9.87. The minimum Gasteiger partial charge on any atom is -0.480 e. The van der Waals surface area contributed by atoms with Crippen LogP contribution in [0.15, 0.2) is 76.6 Å². The van der Waals surface area contributed by atoms with Crippen molar-refractivity contribution in [2.45, 2.75) is 51.4 Å². The van der Waals surface area contributed by atoms with Crippen molar-refractivity contribution in [3.63, 3.8) is 0 Å². The molecule has 0 saturated carbocycles. The number of rotatable bonds is 11. The molecule has 1 heterocycles. The van der Waals surface area contributed by atoms with E-state index in [1.807, 2.05) is 36.4 Å². The van der Waals surface area contributed by atoms with E-state index in [0.717, 1.165) is 16.7 Å². The number of amides is 1. The largest absolute Gasteiger partial charge is 0.490 e. The van der Waals surface area contributed by atoms with Gasteiger partial charge in [0.15, 0.2) is 5.96 Å². The summed E-state index contributed by atoms with van der Waals surface area (Å²) in [7, 11) is 0. The SMILES string of the molecule is CC(C)c1ccccc1-c1ccccc1Cn1cccc(C(=O)N[C@@H](CCCN=C(N)N)C(=O)O)c1=O.O=C(O)C(F)(F)F. The number of aromatic nitrogens is 1. The Morgan fingerprint density at radius 3 is 2.11 bits per heavy atom. The highest BCUT2D eigenvalue weighted by Gasteiger charge is 2.38. The smallest absolute Gasteiger partial charge is 0.480 e. The van der Waals surface area contributed by atoms with Gasteiger partial charge in [-0.3, -0.25) is 14.6 Å². The van der Waals surface area contributed by atoms with E-state index in [1.54, 1.807) is 12.3 Å². The summed E-state index contributed by atoms with van der Waals surface area (Å²) in [5.41, 5.74) is 14.2. The van der Waals surface area contributed by atoms with Gasteiger partial charge in [-0.1, -0.05) is 62.4 Å². The Bertz CT molecular complexity index is 1550.